The molecule has 1 aromatic carbocycles. The van der Waals surface area contributed by atoms with Crippen LogP contribution in [-0.2, 0) is 11.3 Å². The molecular formula is C17H26N2O2. The Bertz CT molecular complexity index is 443. The molecule has 1 aliphatic rings. The number of nitrogens with one attached hydrogen (secondary N) is 1. The Morgan fingerprint density at radius 3 is 2.48 bits per heavy atom. The maximum absolute atomic E-state index is 11.9. The van der Waals surface area contributed by atoms with Crippen LogP contribution in [0.1, 0.15) is 38.2 Å². The second-order valence-electron chi connectivity index (χ2n) is 5.92. The van der Waals surface area contributed by atoms with Gasteiger partial charge in [0.05, 0.1) is 0 Å². The fourth-order valence-corrected chi connectivity index (χ4v) is 2.95. The van der Waals surface area contributed by atoms with Gasteiger partial charge in [-0.15, -0.1) is 0 Å². The highest BCUT2D eigenvalue weighted by Crippen LogP contribution is 2.18. The molecule has 0 bridgehead atoms. The molecule has 0 aromatic heterocycles. The number of hydrogen-bond donors (Lipinski definition) is 2. The molecule has 116 valence electrons. The number of benzene rings is 1. The van der Waals surface area contributed by atoms with E-state index in [4.69, 9.17) is 0 Å². The summed E-state index contributed by atoms with van der Waals surface area (Å²) in [5, 5.41) is 13.0. The molecule has 1 aromatic rings. The van der Waals surface area contributed by atoms with Crippen molar-refractivity contribution in [2.24, 2.45) is 0 Å². The molecule has 0 radical (unpaired) electrons. The third-order valence-electron chi connectivity index (χ3n) is 4.43. The van der Waals surface area contributed by atoms with E-state index in [1.54, 1.807) is 0 Å². The minimum atomic E-state index is -0.854. The Balaban J connectivity index is 2.03. The first-order valence-corrected chi connectivity index (χ1v) is 7.91. The van der Waals surface area contributed by atoms with Gasteiger partial charge in [-0.05, 0) is 37.9 Å². The Morgan fingerprint density at radius 2 is 1.90 bits per heavy atom. The van der Waals surface area contributed by atoms with Crippen LogP contribution in [0.4, 0.5) is 0 Å². The Morgan fingerprint density at radius 1 is 1.24 bits per heavy atom. The lowest BCUT2D eigenvalue weighted by molar-refractivity contribution is -0.146. The first-order chi connectivity index (χ1) is 10.2. The van der Waals surface area contributed by atoms with Crippen LogP contribution < -0.4 is 5.32 Å². The zero-order chi connectivity index (χ0) is 15.1. The monoisotopic (exact) mass is 290 g/mol. The Kier molecular flexibility index (Phi) is 5.76. The molecule has 1 unspecified atom stereocenters. The summed E-state index contributed by atoms with van der Waals surface area (Å²) in [5.74, 6) is -0.744. The van der Waals surface area contributed by atoms with E-state index in [1.165, 1.54) is 19.3 Å². The normalized spacial score (nSPS) is 19.1. The molecule has 4 heteroatoms. The van der Waals surface area contributed by atoms with E-state index in [2.05, 4.69) is 10.2 Å². The number of rotatable bonds is 7. The van der Waals surface area contributed by atoms with Gasteiger partial charge in [0.25, 0.3) is 0 Å². The van der Waals surface area contributed by atoms with E-state index in [0.29, 0.717) is 19.5 Å². The number of aliphatic carboxylic acids is 1. The van der Waals surface area contributed by atoms with Gasteiger partial charge in [-0.3, -0.25) is 10.1 Å². The smallest absolute Gasteiger partial charge is 0.325 e. The van der Waals surface area contributed by atoms with Crippen molar-refractivity contribution >= 4 is 5.97 Å². The van der Waals surface area contributed by atoms with Crippen molar-refractivity contribution in [1.29, 1.82) is 0 Å². The standard InChI is InChI=1S/C17H26N2O2/c1-2-17(16(20)21,14-19-11-7-4-8-12-19)18-13-15-9-5-3-6-10-15/h3,5-6,9-10,18H,2,4,7-8,11-14H2,1H3,(H,20,21). The number of piperidine rings is 1. The largest absolute Gasteiger partial charge is 0.480 e. The second kappa shape index (κ2) is 7.57. The number of likely N-dealkylation sites (tertiary alicyclic amines) is 1. The summed E-state index contributed by atoms with van der Waals surface area (Å²) in [6, 6.07) is 9.99. The van der Waals surface area contributed by atoms with Gasteiger partial charge < -0.3 is 10.0 Å². The number of hydrogen-bond acceptors (Lipinski definition) is 3. The molecule has 4 nitrogen and oxygen atoms in total. The highest BCUT2D eigenvalue weighted by atomic mass is 16.4. The van der Waals surface area contributed by atoms with Crippen LogP contribution in [-0.4, -0.2) is 41.1 Å². The van der Waals surface area contributed by atoms with E-state index >= 15 is 0 Å². The van der Waals surface area contributed by atoms with Gasteiger partial charge in [-0.25, -0.2) is 0 Å². The van der Waals surface area contributed by atoms with Gasteiger partial charge in [-0.2, -0.15) is 0 Å². The van der Waals surface area contributed by atoms with Crippen LogP contribution in [0.3, 0.4) is 0 Å². The molecule has 1 fully saturated rings. The summed E-state index contributed by atoms with van der Waals surface area (Å²) in [4.78, 5) is 14.1. The van der Waals surface area contributed by atoms with Gasteiger partial charge in [0, 0.05) is 13.1 Å². The van der Waals surface area contributed by atoms with Crippen LogP contribution in [0.15, 0.2) is 30.3 Å². The molecule has 1 saturated heterocycles. The maximum atomic E-state index is 11.9. The maximum Gasteiger partial charge on any atom is 0.325 e. The molecule has 0 spiro atoms. The predicted octanol–water partition coefficient (Wildman–Crippen LogP) is 2.50. The number of carboxylic acids is 1. The summed E-state index contributed by atoms with van der Waals surface area (Å²) in [7, 11) is 0. The van der Waals surface area contributed by atoms with Crippen LogP contribution in [0.2, 0.25) is 0 Å². The minimum absolute atomic E-state index is 0.589. The lowest BCUT2D eigenvalue weighted by Crippen LogP contribution is -2.59. The molecular weight excluding hydrogens is 264 g/mol. The second-order valence-corrected chi connectivity index (χ2v) is 5.92. The van der Waals surface area contributed by atoms with E-state index < -0.39 is 11.5 Å². The number of carbonyl (C=O) groups is 1. The van der Waals surface area contributed by atoms with Crippen LogP contribution in [0, 0.1) is 0 Å². The van der Waals surface area contributed by atoms with Crippen molar-refractivity contribution in [3.8, 4) is 0 Å². The van der Waals surface area contributed by atoms with Gasteiger partial charge in [0.1, 0.15) is 5.54 Å². The van der Waals surface area contributed by atoms with Gasteiger partial charge in [0.15, 0.2) is 0 Å². The Labute approximate surface area is 127 Å². The topological polar surface area (TPSA) is 52.6 Å². The number of nitrogens with zero attached hydrogens (tertiary/aromatic N) is 1. The van der Waals surface area contributed by atoms with Crippen LogP contribution in [0.5, 0.6) is 0 Å². The molecule has 1 aliphatic heterocycles. The van der Waals surface area contributed by atoms with Crippen molar-refractivity contribution in [2.45, 2.75) is 44.7 Å². The number of carboxylic acid groups (broad SMARTS) is 1. The molecule has 0 saturated carbocycles. The third kappa shape index (κ3) is 4.29. The summed E-state index contributed by atoms with van der Waals surface area (Å²) in [6.45, 7) is 5.17. The van der Waals surface area contributed by atoms with Crippen LogP contribution >= 0.6 is 0 Å². The van der Waals surface area contributed by atoms with Crippen molar-refractivity contribution in [3.05, 3.63) is 35.9 Å². The predicted molar refractivity (Wildman–Crippen MR) is 84.2 cm³/mol. The molecule has 2 rings (SSSR count). The van der Waals surface area contributed by atoms with Crippen molar-refractivity contribution in [3.63, 3.8) is 0 Å². The van der Waals surface area contributed by atoms with Crippen molar-refractivity contribution in [2.75, 3.05) is 19.6 Å². The van der Waals surface area contributed by atoms with Crippen molar-refractivity contribution < 1.29 is 9.90 Å². The molecule has 1 heterocycles. The SMILES string of the molecule is CCC(CN1CCCCC1)(NCc1ccccc1)C(=O)O. The molecule has 0 aliphatic carbocycles. The van der Waals surface area contributed by atoms with E-state index in [9.17, 15) is 9.90 Å². The van der Waals surface area contributed by atoms with Gasteiger partial charge in [-0.1, -0.05) is 43.7 Å². The van der Waals surface area contributed by atoms with Gasteiger partial charge in [0.2, 0.25) is 0 Å². The quantitative estimate of drug-likeness (QED) is 0.810. The third-order valence-corrected chi connectivity index (χ3v) is 4.43. The lowest BCUT2D eigenvalue weighted by Gasteiger charge is -2.37. The lowest BCUT2D eigenvalue weighted by atomic mass is 9.93. The fraction of sp³-hybridized carbons (Fsp3) is 0.588. The molecule has 0 amide bonds. The van der Waals surface area contributed by atoms with Crippen molar-refractivity contribution in [1.82, 2.24) is 10.2 Å². The van der Waals surface area contributed by atoms with E-state index in [0.717, 1.165) is 18.7 Å². The summed E-state index contributed by atoms with van der Waals surface area (Å²) in [6.07, 6.45) is 4.21. The summed E-state index contributed by atoms with van der Waals surface area (Å²) in [5.41, 5.74) is 0.267. The zero-order valence-corrected chi connectivity index (χ0v) is 12.8. The van der Waals surface area contributed by atoms with E-state index in [1.807, 2.05) is 37.3 Å². The molecule has 2 N–H and O–H groups in total. The first kappa shape index (κ1) is 16.0. The highest BCUT2D eigenvalue weighted by Gasteiger charge is 2.38. The fourth-order valence-electron chi connectivity index (χ4n) is 2.95. The molecule has 21 heavy (non-hydrogen) atoms. The molecule has 1 atom stereocenters. The summed E-state index contributed by atoms with van der Waals surface area (Å²) < 4.78 is 0. The van der Waals surface area contributed by atoms with Gasteiger partial charge >= 0.3 is 5.97 Å². The average molecular weight is 290 g/mol. The van der Waals surface area contributed by atoms with E-state index in [-0.39, 0.29) is 0 Å². The van der Waals surface area contributed by atoms with Crippen LogP contribution in [0.25, 0.3) is 0 Å². The highest BCUT2D eigenvalue weighted by molar-refractivity contribution is 5.79. The zero-order valence-electron chi connectivity index (χ0n) is 12.8. The first-order valence-electron chi connectivity index (χ1n) is 7.91. The summed E-state index contributed by atoms with van der Waals surface area (Å²) >= 11 is 0. The average Bonchev–Trinajstić information content (AvgIpc) is 2.53. The Hall–Kier alpha value is -1.39. The minimum Gasteiger partial charge on any atom is -0.480 e.